The molecule has 1 aromatic heterocycles. The quantitative estimate of drug-likeness (QED) is 0.795. The first-order chi connectivity index (χ1) is 7.70. The summed E-state index contributed by atoms with van der Waals surface area (Å²) in [6.45, 7) is 4.53. The van der Waals surface area contributed by atoms with Crippen LogP contribution in [0.2, 0.25) is 0 Å². The number of rotatable bonds is 5. The molecule has 0 spiro atoms. The summed E-state index contributed by atoms with van der Waals surface area (Å²) < 4.78 is 2.56. The maximum atomic E-state index is 4.32. The molecule has 90 valence electrons. The lowest BCUT2D eigenvalue weighted by atomic mass is 10.1. The van der Waals surface area contributed by atoms with Crippen LogP contribution in [0.4, 0.5) is 0 Å². The van der Waals surface area contributed by atoms with Crippen LogP contribution in [-0.4, -0.2) is 33.1 Å². The summed E-state index contributed by atoms with van der Waals surface area (Å²) in [4.78, 5) is 4.32. The van der Waals surface area contributed by atoms with Crippen LogP contribution in [0.3, 0.4) is 0 Å². The molecule has 3 nitrogen and oxygen atoms in total. The molecule has 2 heterocycles. The van der Waals surface area contributed by atoms with Crippen molar-refractivity contribution in [3.63, 3.8) is 0 Å². The van der Waals surface area contributed by atoms with Gasteiger partial charge < -0.3 is 9.88 Å². The molecule has 1 atom stereocenters. The van der Waals surface area contributed by atoms with E-state index < -0.39 is 0 Å². The first-order valence-corrected chi connectivity index (χ1v) is 6.99. The first-order valence-electron chi connectivity index (χ1n) is 6.00. The Morgan fingerprint density at radius 3 is 3.12 bits per heavy atom. The summed E-state index contributed by atoms with van der Waals surface area (Å²) in [5, 5.41) is 3.56. The van der Waals surface area contributed by atoms with Crippen molar-refractivity contribution in [3.05, 3.63) is 18.2 Å². The second-order valence-electron chi connectivity index (χ2n) is 4.78. The molecule has 1 fully saturated rings. The van der Waals surface area contributed by atoms with Gasteiger partial charge in [0.1, 0.15) is 5.82 Å². The minimum Gasteiger partial charge on any atom is -0.338 e. The van der Waals surface area contributed by atoms with Gasteiger partial charge in [-0.15, -0.1) is 0 Å². The third kappa shape index (κ3) is 3.01. The zero-order chi connectivity index (χ0) is 11.4. The van der Waals surface area contributed by atoms with E-state index in [0.717, 1.165) is 25.3 Å². The third-order valence-corrected chi connectivity index (χ3v) is 4.78. The van der Waals surface area contributed by atoms with Crippen LogP contribution >= 0.6 is 11.8 Å². The van der Waals surface area contributed by atoms with Gasteiger partial charge in [-0.25, -0.2) is 4.98 Å². The molecular formula is C12H21N3S. The van der Waals surface area contributed by atoms with Gasteiger partial charge in [0, 0.05) is 43.7 Å². The fourth-order valence-corrected chi connectivity index (χ4v) is 3.44. The largest absolute Gasteiger partial charge is 0.338 e. The molecule has 1 aliphatic heterocycles. The van der Waals surface area contributed by atoms with Gasteiger partial charge in [0.15, 0.2) is 0 Å². The molecule has 0 radical (unpaired) electrons. The number of imidazole rings is 1. The van der Waals surface area contributed by atoms with Crippen molar-refractivity contribution in [2.24, 2.45) is 7.05 Å². The Kier molecular flexibility index (Phi) is 3.92. The average Bonchev–Trinajstić information content (AvgIpc) is 2.84. The van der Waals surface area contributed by atoms with Crippen LogP contribution in [-0.2, 0) is 13.5 Å². The predicted molar refractivity (Wildman–Crippen MR) is 69.9 cm³/mol. The van der Waals surface area contributed by atoms with Crippen LogP contribution in [0, 0.1) is 0 Å². The second kappa shape index (κ2) is 5.23. The third-order valence-electron chi connectivity index (χ3n) is 3.25. The van der Waals surface area contributed by atoms with Gasteiger partial charge in [-0.3, -0.25) is 0 Å². The van der Waals surface area contributed by atoms with E-state index in [9.17, 15) is 0 Å². The highest BCUT2D eigenvalue weighted by atomic mass is 32.2. The summed E-state index contributed by atoms with van der Waals surface area (Å²) in [6, 6.07) is 0. The number of thioether (sulfide) groups is 1. The van der Waals surface area contributed by atoms with Gasteiger partial charge >= 0.3 is 0 Å². The van der Waals surface area contributed by atoms with E-state index in [2.05, 4.69) is 40.6 Å². The average molecular weight is 239 g/mol. The zero-order valence-electron chi connectivity index (χ0n) is 10.2. The van der Waals surface area contributed by atoms with Crippen molar-refractivity contribution in [3.8, 4) is 0 Å². The molecule has 16 heavy (non-hydrogen) atoms. The standard InChI is InChI=1S/C12H21N3S/c1-12(5-3-9-16-12)10-13-6-4-11-14-7-8-15(11)2/h7-8,13H,3-6,9-10H2,1-2H3. The van der Waals surface area contributed by atoms with Crippen molar-refractivity contribution in [2.75, 3.05) is 18.8 Å². The second-order valence-corrected chi connectivity index (χ2v) is 6.47. The Labute approximate surface area is 102 Å². The topological polar surface area (TPSA) is 29.9 Å². The lowest BCUT2D eigenvalue weighted by Crippen LogP contribution is -2.34. The number of aromatic nitrogens is 2. The minimum absolute atomic E-state index is 0.474. The fraction of sp³-hybridized carbons (Fsp3) is 0.750. The molecule has 1 unspecified atom stereocenters. The lowest BCUT2D eigenvalue weighted by molar-refractivity contribution is 0.534. The molecule has 2 rings (SSSR count). The molecule has 0 aliphatic carbocycles. The van der Waals surface area contributed by atoms with E-state index in [1.54, 1.807) is 0 Å². The highest BCUT2D eigenvalue weighted by Crippen LogP contribution is 2.36. The van der Waals surface area contributed by atoms with Crippen LogP contribution in [0.25, 0.3) is 0 Å². The molecule has 0 bridgehead atoms. The molecule has 4 heteroatoms. The normalized spacial score (nSPS) is 25.1. The van der Waals surface area contributed by atoms with Crippen molar-refractivity contribution in [1.29, 1.82) is 0 Å². The van der Waals surface area contributed by atoms with Gasteiger partial charge in [0.25, 0.3) is 0 Å². The Bertz CT molecular complexity index is 329. The highest BCUT2D eigenvalue weighted by Gasteiger charge is 2.28. The molecule has 1 saturated heterocycles. The van der Waals surface area contributed by atoms with Gasteiger partial charge in [0.05, 0.1) is 0 Å². The van der Waals surface area contributed by atoms with Gasteiger partial charge in [-0.05, 0) is 25.5 Å². The van der Waals surface area contributed by atoms with E-state index in [-0.39, 0.29) is 0 Å². The molecule has 0 aromatic carbocycles. The minimum atomic E-state index is 0.474. The van der Waals surface area contributed by atoms with E-state index in [4.69, 9.17) is 0 Å². The van der Waals surface area contributed by atoms with Crippen molar-refractivity contribution >= 4 is 11.8 Å². The SMILES string of the molecule is Cn1ccnc1CCNCC1(C)CCCS1. The van der Waals surface area contributed by atoms with Crippen LogP contribution in [0.1, 0.15) is 25.6 Å². The lowest BCUT2D eigenvalue weighted by Gasteiger charge is -2.22. The van der Waals surface area contributed by atoms with Crippen molar-refractivity contribution in [2.45, 2.75) is 30.9 Å². The smallest absolute Gasteiger partial charge is 0.109 e. The van der Waals surface area contributed by atoms with E-state index in [1.165, 1.54) is 18.6 Å². The van der Waals surface area contributed by atoms with Crippen LogP contribution in [0.5, 0.6) is 0 Å². The molecule has 0 amide bonds. The van der Waals surface area contributed by atoms with E-state index in [0.29, 0.717) is 4.75 Å². The number of hydrogen-bond acceptors (Lipinski definition) is 3. The Morgan fingerprint density at radius 1 is 1.62 bits per heavy atom. The predicted octanol–water partition coefficient (Wildman–Crippen LogP) is 1.84. The zero-order valence-corrected chi connectivity index (χ0v) is 11.0. The summed E-state index contributed by atoms with van der Waals surface area (Å²) in [5.41, 5.74) is 0. The van der Waals surface area contributed by atoms with Gasteiger partial charge in [-0.2, -0.15) is 11.8 Å². The van der Waals surface area contributed by atoms with E-state index >= 15 is 0 Å². The molecule has 1 aliphatic rings. The Balaban J connectivity index is 1.67. The number of nitrogens with one attached hydrogen (secondary N) is 1. The maximum Gasteiger partial charge on any atom is 0.109 e. The van der Waals surface area contributed by atoms with Crippen molar-refractivity contribution in [1.82, 2.24) is 14.9 Å². The van der Waals surface area contributed by atoms with Crippen LogP contribution < -0.4 is 5.32 Å². The first kappa shape index (κ1) is 12.0. The number of hydrogen-bond donors (Lipinski definition) is 1. The summed E-state index contributed by atoms with van der Waals surface area (Å²) in [5.74, 6) is 2.49. The number of aryl methyl sites for hydroxylation is 1. The Morgan fingerprint density at radius 2 is 2.50 bits per heavy atom. The fourth-order valence-electron chi connectivity index (χ4n) is 2.17. The maximum absolute atomic E-state index is 4.32. The molecule has 1 N–H and O–H groups in total. The van der Waals surface area contributed by atoms with E-state index in [1.807, 2.05) is 12.4 Å². The summed E-state index contributed by atoms with van der Waals surface area (Å²) in [6.07, 6.45) is 7.62. The highest BCUT2D eigenvalue weighted by molar-refractivity contribution is 8.00. The van der Waals surface area contributed by atoms with Gasteiger partial charge in [-0.1, -0.05) is 0 Å². The Hall–Kier alpha value is -0.480. The molecule has 1 aromatic rings. The summed E-state index contributed by atoms with van der Waals surface area (Å²) >= 11 is 2.11. The summed E-state index contributed by atoms with van der Waals surface area (Å²) in [7, 11) is 2.05. The van der Waals surface area contributed by atoms with Crippen molar-refractivity contribution < 1.29 is 0 Å². The van der Waals surface area contributed by atoms with Gasteiger partial charge in [0.2, 0.25) is 0 Å². The number of nitrogens with zero attached hydrogens (tertiary/aromatic N) is 2. The molecule has 0 saturated carbocycles. The monoisotopic (exact) mass is 239 g/mol. The molecular weight excluding hydrogens is 218 g/mol. The van der Waals surface area contributed by atoms with Crippen LogP contribution in [0.15, 0.2) is 12.4 Å².